The maximum Gasteiger partial charge on any atom is 0.319 e. The monoisotopic (exact) mass is 354 g/mol. The van der Waals surface area contributed by atoms with Gasteiger partial charge in [0.15, 0.2) is 0 Å². The molecule has 1 aromatic carbocycles. The molecule has 1 fully saturated rings. The standard InChI is InChI=1S/C17H26N4O2.ClH/c1-11(2)19-17(23)21-14-8-6-13(7-9-14)20-16(22)15-5-3-4-12(15)10-18;/h6-9,11-12,15H,3-5,10,18H2,1-2H3,(H,20,22)(H2,19,21,23);1H/t12-,15-;/m1./s1. The van der Waals surface area contributed by atoms with Crippen LogP contribution >= 0.6 is 12.4 Å². The molecule has 0 saturated heterocycles. The van der Waals surface area contributed by atoms with Gasteiger partial charge in [-0.3, -0.25) is 4.79 Å². The van der Waals surface area contributed by atoms with E-state index >= 15 is 0 Å². The summed E-state index contributed by atoms with van der Waals surface area (Å²) in [5.74, 6) is 0.335. The van der Waals surface area contributed by atoms with Gasteiger partial charge in [0.05, 0.1) is 0 Å². The van der Waals surface area contributed by atoms with Gasteiger partial charge in [-0.25, -0.2) is 4.79 Å². The lowest BCUT2D eigenvalue weighted by atomic mass is 9.95. The number of carbonyl (C=O) groups excluding carboxylic acids is 2. The summed E-state index contributed by atoms with van der Waals surface area (Å²) in [6, 6.07) is 6.95. The number of amides is 3. The number of urea groups is 1. The first-order valence-electron chi connectivity index (χ1n) is 8.18. The van der Waals surface area contributed by atoms with Crippen LogP contribution in [0.25, 0.3) is 0 Å². The molecule has 7 heteroatoms. The molecular weight excluding hydrogens is 328 g/mol. The van der Waals surface area contributed by atoms with Crippen LogP contribution in [0.3, 0.4) is 0 Å². The second-order valence-electron chi connectivity index (χ2n) is 6.35. The molecule has 0 radical (unpaired) electrons. The highest BCUT2D eigenvalue weighted by Gasteiger charge is 2.31. The minimum Gasteiger partial charge on any atom is -0.336 e. The normalized spacial score (nSPS) is 19.5. The van der Waals surface area contributed by atoms with Gasteiger partial charge in [0.25, 0.3) is 0 Å². The minimum atomic E-state index is -0.242. The molecule has 0 aromatic heterocycles. The fraction of sp³-hybridized carbons (Fsp3) is 0.529. The first kappa shape index (κ1) is 20.3. The molecule has 0 unspecified atom stereocenters. The Morgan fingerprint density at radius 2 is 1.71 bits per heavy atom. The molecule has 3 amide bonds. The molecule has 0 aliphatic heterocycles. The summed E-state index contributed by atoms with van der Waals surface area (Å²) in [6.07, 6.45) is 3.00. The van der Waals surface area contributed by atoms with Crippen LogP contribution in [0.1, 0.15) is 33.1 Å². The molecule has 1 aliphatic carbocycles. The molecule has 1 aromatic rings. The molecule has 1 saturated carbocycles. The molecule has 5 N–H and O–H groups in total. The Morgan fingerprint density at radius 3 is 2.25 bits per heavy atom. The van der Waals surface area contributed by atoms with Crippen molar-refractivity contribution in [2.24, 2.45) is 17.6 Å². The van der Waals surface area contributed by atoms with E-state index in [2.05, 4.69) is 16.0 Å². The van der Waals surface area contributed by atoms with Crippen molar-refractivity contribution in [3.8, 4) is 0 Å². The van der Waals surface area contributed by atoms with Crippen molar-refractivity contribution >= 4 is 35.7 Å². The number of hydrogen-bond acceptors (Lipinski definition) is 3. The molecule has 24 heavy (non-hydrogen) atoms. The van der Waals surface area contributed by atoms with Gasteiger partial charge < -0.3 is 21.7 Å². The van der Waals surface area contributed by atoms with E-state index in [1.165, 1.54) is 0 Å². The number of benzene rings is 1. The summed E-state index contributed by atoms with van der Waals surface area (Å²) in [7, 11) is 0. The second kappa shape index (κ2) is 9.49. The fourth-order valence-electron chi connectivity index (χ4n) is 2.97. The number of anilines is 2. The van der Waals surface area contributed by atoms with Crippen LogP contribution in [0.15, 0.2) is 24.3 Å². The highest BCUT2D eigenvalue weighted by molar-refractivity contribution is 5.94. The first-order valence-corrected chi connectivity index (χ1v) is 8.18. The van der Waals surface area contributed by atoms with Gasteiger partial charge >= 0.3 is 6.03 Å². The van der Waals surface area contributed by atoms with E-state index in [9.17, 15) is 9.59 Å². The van der Waals surface area contributed by atoms with Gasteiger partial charge in [-0.1, -0.05) is 6.42 Å². The number of hydrogen-bond donors (Lipinski definition) is 4. The van der Waals surface area contributed by atoms with Crippen molar-refractivity contribution in [2.75, 3.05) is 17.2 Å². The van der Waals surface area contributed by atoms with Crippen molar-refractivity contribution < 1.29 is 9.59 Å². The molecule has 0 spiro atoms. The lowest BCUT2D eigenvalue weighted by molar-refractivity contribution is -0.120. The third-order valence-electron chi connectivity index (χ3n) is 4.13. The molecular formula is C17H27ClN4O2. The Balaban J connectivity index is 0.00000288. The lowest BCUT2D eigenvalue weighted by Gasteiger charge is -2.17. The Bertz CT molecular complexity index is 548. The van der Waals surface area contributed by atoms with E-state index in [4.69, 9.17) is 5.73 Å². The number of nitrogens with one attached hydrogen (secondary N) is 3. The van der Waals surface area contributed by atoms with E-state index in [0.29, 0.717) is 12.2 Å². The third-order valence-corrected chi connectivity index (χ3v) is 4.13. The SMILES string of the molecule is CC(C)NC(=O)Nc1ccc(NC(=O)[C@@H]2CCC[C@@H]2CN)cc1.Cl. The van der Waals surface area contributed by atoms with Crippen LogP contribution in [-0.4, -0.2) is 24.5 Å². The Hall–Kier alpha value is -1.79. The number of halogens is 1. The molecule has 0 bridgehead atoms. The van der Waals surface area contributed by atoms with E-state index in [1.54, 1.807) is 24.3 Å². The predicted octanol–water partition coefficient (Wildman–Crippen LogP) is 2.95. The fourth-order valence-corrected chi connectivity index (χ4v) is 2.97. The summed E-state index contributed by atoms with van der Waals surface area (Å²) >= 11 is 0. The van der Waals surface area contributed by atoms with Gasteiger partial charge in [-0.05, 0) is 63.4 Å². The Kier molecular flexibility index (Phi) is 8.01. The van der Waals surface area contributed by atoms with Gasteiger partial charge in [0.2, 0.25) is 5.91 Å². The maximum absolute atomic E-state index is 12.3. The average molecular weight is 355 g/mol. The van der Waals surface area contributed by atoms with E-state index in [1.807, 2.05) is 13.8 Å². The van der Waals surface area contributed by atoms with Crippen LogP contribution in [0.2, 0.25) is 0 Å². The second-order valence-corrected chi connectivity index (χ2v) is 6.35. The quantitative estimate of drug-likeness (QED) is 0.654. The zero-order valence-electron chi connectivity index (χ0n) is 14.2. The lowest BCUT2D eigenvalue weighted by Crippen LogP contribution is -2.34. The highest BCUT2D eigenvalue weighted by Crippen LogP contribution is 2.31. The third kappa shape index (κ3) is 5.69. The summed E-state index contributed by atoms with van der Waals surface area (Å²) in [5, 5.41) is 8.44. The van der Waals surface area contributed by atoms with Crippen molar-refractivity contribution in [3.63, 3.8) is 0 Å². The van der Waals surface area contributed by atoms with Crippen molar-refractivity contribution in [1.29, 1.82) is 0 Å². The number of carbonyl (C=O) groups is 2. The summed E-state index contributed by atoms with van der Waals surface area (Å²) in [5.41, 5.74) is 7.14. The van der Waals surface area contributed by atoms with Gasteiger partial charge in [0, 0.05) is 23.3 Å². The summed E-state index contributed by atoms with van der Waals surface area (Å²) < 4.78 is 0. The van der Waals surface area contributed by atoms with Gasteiger partial charge in [-0.2, -0.15) is 0 Å². The Labute approximate surface area is 149 Å². The first-order chi connectivity index (χ1) is 11.0. The van der Waals surface area contributed by atoms with Gasteiger partial charge in [0.1, 0.15) is 0 Å². The van der Waals surface area contributed by atoms with Crippen LogP contribution < -0.4 is 21.7 Å². The van der Waals surface area contributed by atoms with Crippen LogP contribution in [-0.2, 0) is 4.79 Å². The average Bonchev–Trinajstić information content (AvgIpc) is 2.97. The highest BCUT2D eigenvalue weighted by atomic mass is 35.5. The van der Waals surface area contributed by atoms with Gasteiger partial charge in [-0.15, -0.1) is 12.4 Å². The van der Waals surface area contributed by atoms with Crippen molar-refractivity contribution in [1.82, 2.24) is 5.32 Å². The predicted molar refractivity (Wildman–Crippen MR) is 99.5 cm³/mol. The van der Waals surface area contributed by atoms with Crippen molar-refractivity contribution in [2.45, 2.75) is 39.2 Å². The molecule has 0 heterocycles. The minimum absolute atomic E-state index is 0. The number of nitrogens with two attached hydrogens (primary N) is 1. The van der Waals surface area contributed by atoms with Crippen LogP contribution in [0.4, 0.5) is 16.2 Å². The zero-order chi connectivity index (χ0) is 16.8. The maximum atomic E-state index is 12.3. The molecule has 1 aliphatic rings. The van der Waals surface area contributed by atoms with Crippen molar-refractivity contribution in [3.05, 3.63) is 24.3 Å². The van der Waals surface area contributed by atoms with Crippen LogP contribution in [0, 0.1) is 11.8 Å². The zero-order valence-corrected chi connectivity index (χ0v) is 15.0. The van der Waals surface area contributed by atoms with E-state index in [-0.39, 0.29) is 42.2 Å². The molecule has 2 atom stereocenters. The molecule has 134 valence electrons. The topological polar surface area (TPSA) is 96.2 Å². The van der Waals surface area contributed by atoms with Crippen LogP contribution in [0.5, 0.6) is 0 Å². The summed E-state index contributed by atoms with van der Waals surface area (Å²) in [6.45, 7) is 4.36. The molecule has 2 rings (SSSR count). The largest absolute Gasteiger partial charge is 0.336 e. The summed E-state index contributed by atoms with van der Waals surface area (Å²) in [4.78, 5) is 23.9. The van der Waals surface area contributed by atoms with E-state index in [0.717, 1.165) is 24.9 Å². The molecule has 6 nitrogen and oxygen atoms in total. The smallest absolute Gasteiger partial charge is 0.319 e. The van der Waals surface area contributed by atoms with E-state index < -0.39 is 0 Å². The Morgan fingerprint density at radius 1 is 1.12 bits per heavy atom. The number of rotatable bonds is 5.